The van der Waals surface area contributed by atoms with Crippen LogP contribution in [0.4, 0.5) is 0 Å². The van der Waals surface area contributed by atoms with E-state index in [2.05, 4.69) is 10.4 Å². The van der Waals surface area contributed by atoms with Crippen molar-refractivity contribution in [2.45, 2.75) is 46.8 Å². The van der Waals surface area contributed by atoms with Crippen LogP contribution in [-0.2, 0) is 16.1 Å². The Kier molecular flexibility index (Phi) is 6.49. The molecule has 2 rings (SSSR count). The molecule has 0 saturated carbocycles. The summed E-state index contributed by atoms with van der Waals surface area (Å²) in [4.78, 5) is 37.1. The van der Waals surface area contributed by atoms with Crippen LogP contribution in [0.15, 0.2) is 29.1 Å². The summed E-state index contributed by atoms with van der Waals surface area (Å²) < 4.78 is 6.56. The molecule has 1 aromatic carbocycles. The van der Waals surface area contributed by atoms with Gasteiger partial charge in [-0.15, -0.1) is 0 Å². The molecule has 0 bridgehead atoms. The lowest BCUT2D eigenvalue weighted by atomic mass is 10.1. The van der Waals surface area contributed by atoms with Gasteiger partial charge in [0.25, 0.3) is 11.5 Å². The highest BCUT2D eigenvalue weighted by atomic mass is 16.5. The van der Waals surface area contributed by atoms with E-state index in [1.807, 2.05) is 20.8 Å². The number of carbonyl (C=O) groups excluding carboxylic acids is 2. The summed E-state index contributed by atoms with van der Waals surface area (Å²) in [6.45, 7) is 8.26. The molecule has 7 heteroatoms. The number of esters is 1. The second kappa shape index (κ2) is 8.60. The number of ether oxygens (including phenoxy) is 1. The number of nitrogens with zero attached hydrogens (tertiary/aromatic N) is 2. The standard InChI is InChI=1S/C19H25N3O4/c1-5-10-20-17(23)13(4)26-19(25)16-14-8-6-7-9-15(14)18(24)22(21-16)11-12(2)3/h6-9,12-13H,5,10-11H2,1-4H3,(H,20,23)/t13-/m1/s1. The van der Waals surface area contributed by atoms with Gasteiger partial charge in [-0.2, -0.15) is 5.10 Å². The maximum Gasteiger partial charge on any atom is 0.360 e. The average molecular weight is 359 g/mol. The number of aromatic nitrogens is 2. The van der Waals surface area contributed by atoms with Crippen LogP contribution in [0.3, 0.4) is 0 Å². The molecule has 0 unspecified atom stereocenters. The molecule has 1 atom stereocenters. The van der Waals surface area contributed by atoms with Crippen LogP contribution in [-0.4, -0.2) is 34.3 Å². The molecule has 0 aliphatic heterocycles. The molecule has 7 nitrogen and oxygen atoms in total. The maximum atomic E-state index is 12.6. The van der Waals surface area contributed by atoms with E-state index >= 15 is 0 Å². The first-order chi connectivity index (χ1) is 12.3. The number of benzene rings is 1. The third-order valence-corrected chi connectivity index (χ3v) is 3.80. The summed E-state index contributed by atoms with van der Waals surface area (Å²) in [6, 6.07) is 6.77. The molecule has 26 heavy (non-hydrogen) atoms. The summed E-state index contributed by atoms with van der Waals surface area (Å²) in [5.74, 6) is -0.901. The van der Waals surface area contributed by atoms with Crippen molar-refractivity contribution in [3.8, 4) is 0 Å². The van der Waals surface area contributed by atoms with Crippen molar-refractivity contribution in [2.24, 2.45) is 5.92 Å². The topological polar surface area (TPSA) is 90.3 Å². The smallest absolute Gasteiger partial charge is 0.360 e. The molecule has 1 heterocycles. The Balaban J connectivity index is 2.38. The minimum Gasteiger partial charge on any atom is -0.448 e. The third kappa shape index (κ3) is 4.47. The van der Waals surface area contributed by atoms with Gasteiger partial charge in [-0.1, -0.05) is 39.0 Å². The Bertz CT molecular complexity index is 857. The SMILES string of the molecule is CCCNC(=O)[C@@H](C)OC(=O)c1nn(CC(C)C)c(=O)c2ccccc12. The van der Waals surface area contributed by atoms with E-state index in [4.69, 9.17) is 4.74 Å². The second-order valence-electron chi connectivity index (χ2n) is 6.61. The largest absolute Gasteiger partial charge is 0.448 e. The monoisotopic (exact) mass is 359 g/mol. The predicted octanol–water partition coefficient (Wildman–Crippen LogP) is 2.12. The van der Waals surface area contributed by atoms with Crippen molar-refractivity contribution in [3.05, 3.63) is 40.3 Å². The number of carbonyl (C=O) groups is 2. The highest BCUT2D eigenvalue weighted by Crippen LogP contribution is 2.15. The quantitative estimate of drug-likeness (QED) is 0.765. The summed E-state index contributed by atoms with van der Waals surface area (Å²) in [5, 5.41) is 7.72. The van der Waals surface area contributed by atoms with E-state index in [0.29, 0.717) is 23.9 Å². The minimum atomic E-state index is -0.944. The Morgan fingerprint density at radius 2 is 1.85 bits per heavy atom. The number of amides is 1. The fourth-order valence-electron chi connectivity index (χ4n) is 2.52. The molecule has 0 radical (unpaired) electrons. The zero-order valence-electron chi connectivity index (χ0n) is 15.6. The van der Waals surface area contributed by atoms with Gasteiger partial charge in [-0.05, 0) is 25.3 Å². The normalized spacial score (nSPS) is 12.2. The fourth-order valence-corrected chi connectivity index (χ4v) is 2.52. The van der Waals surface area contributed by atoms with Crippen LogP contribution in [0.25, 0.3) is 10.8 Å². The first kappa shape index (κ1) is 19.6. The molecule has 2 aromatic rings. The number of hydrogen-bond acceptors (Lipinski definition) is 5. The Labute approximate surface area is 152 Å². The van der Waals surface area contributed by atoms with Crippen molar-refractivity contribution in [3.63, 3.8) is 0 Å². The lowest BCUT2D eigenvalue weighted by Crippen LogP contribution is -2.37. The van der Waals surface area contributed by atoms with Crippen LogP contribution < -0.4 is 10.9 Å². The van der Waals surface area contributed by atoms with Crippen molar-refractivity contribution in [2.75, 3.05) is 6.54 Å². The summed E-state index contributed by atoms with van der Waals surface area (Å²) in [7, 11) is 0. The molecule has 0 fully saturated rings. The maximum absolute atomic E-state index is 12.6. The van der Waals surface area contributed by atoms with E-state index in [9.17, 15) is 14.4 Å². The van der Waals surface area contributed by atoms with Gasteiger partial charge < -0.3 is 10.1 Å². The van der Waals surface area contributed by atoms with E-state index < -0.39 is 12.1 Å². The summed E-state index contributed by atoms with van der Waals surface area (Å²) >= 11 is 0. The van der Waals surface area contributed by atoms with Gasteiger partial charge in [0.15, 0.2) is 11.8 Å². The third-order valence-electron chi connectivity index (χ3n) is 3.80. The van der Waals surface area contributed by atoms with Crippen LogP contribution in [0, 0.1) is 5.92 Å². The number of nitrogens with one attached hydrogen (secondary N) is 1. The molecule has 1 aromatic heterocycles. The van der Waals surface area contributed by atoms with Gasteiger partial charge in [0.2, 0.25) is 0 Å². The van der Waals surface area contributed by atoms with E-state index in [0.717, 1.165) is 6.42 Å². The van der Waals surface area contributed by atoms with E-state index in [1.54, 1.807) is 24.3 Å². The molecule has 0 saturated heterocycles. The van der Waals surface area contributed by atoms with Gasteiger partial charge in [0.05, 0.1) is 5.39 Å². The van der Waals surface area contributed by atoms with Crippen molar-refractivity contribution in [1.29, 1.82) is 0 Å². The first-order valence-electron chi connectivity index (χ1n) is 8.83. The number of hydrogen-bond donors (Lipinski definition) is 1. The Hall–Kier alpha value is -2.70. The molecule has 0 aliphatic rings. The van der Waals surface area contributed by atoms with Gasteiger partial charge >= 0.3 is 5.97 Å². The van der Waals surface area contributed by atoms with Crippen LogP contribution in [0.2, 0.25) is 0 Å². The molecule has 1 amide bonds. The minimum absolute atomic E-state index is 0.0380. The zero-order chi connectivity index (χ0) is 19.3. The van der Waals surface area contributed by atoms with Crippen LogP contribution in [0.5, 0.6) is 0 Å². The van der Waals surface area contributed by atoms with Crippen molar-refractivity contribution < 1.29 is 14.3 Å². The average Bonchev–Trinajstić information content (AvgIpc) is 2.61. The Morgan fingerprint density at radius 1 is 1.19 bits per heavy atom. The lowest BCUT2D eigenvalue weighted by Gasteiger charge is -2.15. The van der Waals surface area contributed by atoms with Crippen molar-refractivity contribution in [1.82, 2.24) is 15.1 Å². The van der Waals surface area contributed by atoms with Gasteiger partial charge in [0.1, 0.15) is 0 Å². The fraction of sp³-hybridized carbons (Fsp3) is 0.474. The molecule has 0 spiro atoms. The molecule has 140 valence electrons. The lowest BCUT2D eigenvalue weighted by molar-refractivity contribution is -0.129. The Morgan fingerprint density at radius 3 is 2.46 bits per heavy atom. The highest BCUT2D eigenvalue weighted by molar-refractivity contribution is 6.02. The molecule has 0 aliphatic carbocycles. The second-order valence-corrected chi connectivity index (χ2v) is 6.61. The van der Waals surface area contributed by atoms with Gasteiger partial charge in [-0.25, -0.2) is 9.48 Å². The molecular weight excluding hydrogens is 334 g/mol. The van der Waals surface area contributed by atoms with Crippen LogP contribution >= 0.6 is 0 Å². The van der Waals surface area contributed by atoms with Crippen molar-refractivity contribution >= 4 is 22.6 Å². The molecule has 1 N–H and O–H groups in total. The van der Waals surface area contributed by atoms with Gasteiger partial charge in [0, 0.05) is 18.5 Å². The zero-order valence-corrected chi connectivity index (χ0v) is 15.6. The molecular formula is C19H25N3O4. The summed E-state index contributed by atoms with van der Waals surface area (Å²) in [5.41, 5.74) is -0.212. The highest BCUT2D eigenvalue weighted by Gasteiger charge is 2.23. The summed E-state index contributed by atoms with van der Waals surface area (Å²) in [6.07, 6.45) is -0.154. The number of rotatable bonds is 7. The van der Waals surface area contributed by atoms with Gasteiger partial charge in [-0.3, -0.25) is 9.59 Å². The first-order valence-corrected chi connectivity index (χ1v) is 8.83. The van der Waals surface area contributed by atoms with E-state index in [-0.39, 0.29) is 23.1 Å². The van der Waals surface area contributed by atoms with E-state index in [1.165, 1.54) is 11.6 Å². The van der Waals surface area contributed by atoms with Crippen LogP contribution in [0.1, 0.15) is 44.6 Å². The predicted molar refractivity (Wildman–Crippen MR) is 99.0 cm³/mol. The number of fused-ring (bicyclic) bond motifs is 1.